The van der Waals surface area contributed by atoms with Crippen LogP contribution in [0.4, 0.5) is 10.8 Å². The molecule has 6 nitrogen and oxygen atoms in total. The van der Waals surface area contributed by atoms with Gasteiger partial charge >= 0.3 is 5.97 Å². The molecule has 0 saturated heterocycles. The van der Waals surface area contributed by atoms with E-state index in [0.717, 1.165) is 26.3 Å². The molecular weight excluding hydrogens is 358 g/mol. The molecule has 3 aromatic rings. The van der Waals surface area contributed by atoms with Gasteiger partial charge in [0.15, 0.2) is 5.13 Å². The van der Waals surface area contributed by atoms with Crippen LogP contribution in [0.15, 0.2) is 41.8 Å². The van der Waals surface area contributed by atoms with Crippen molar-refractivity contribution in [3.63, 3.8) is 0 Å². The fourth-order valence-corrected chi connectivity index (χ4v) is 3.80. The van der Waals surface area contributed by atoms with E-state index in [1.807, 2.05) is 17.5 Å². The van der Waals surface area contributed by atoms with Crippen molar-refractivity contribution in [3.05, 3.63) is 52.2 Å². The third kappa shape index (κ3) is 4.43. The zero-order valence-electron chi connectivity index (χ0n) is 13.3. The standard InChI is InChI=1S/C17H15N3O3S2/c1-10(21)18-8-13-6-7-15(25-13)14-9-24-17(20-14)19-12-4-2-11(3-5-12)16(22)23/h2-7,9H,8H2,1H3,(H,18,21)(H,19,20)(H,22,23). The number of amides is 1. The molecule has 0 spiro atoms. The predicted octanol–water partition coefficient (Wildman–Crippen LogP) is 3.95. The summed E-state index contributed by atoms with van der Waals surface area (Å²) in [4.78, 5) is 28.5. The van der Waals surface area contributed by atoms with E-state index in [1.54, 1.807) is 35.6 Å². The fourth-order valence-electron chi connectivity index (χ4n) is 2.09. The van der Waals surface area contributed by atoms with Crippen LogP contribution in [-0.4, -0.2) is 22.0 Å². The van der Waals surface area contributed by atoms with Crippen LogP contribution in [0.2, 0.25) is 0 Å². The van der Waals surface area contributed by atoms with E-state index in [4.69, 9.17) is 5.11 Å². The Morgan fingerprint density at radius 1 is 1.16 bits per heavy atom. The maximum absolute atomic E-state index is 11.0. The minimum Gasteiger partial charge on any atom is -0.478 e. The second kappa shape index (κ2) is 7.45. The Labute approximate surface area is 152 Å². The molecule has 8 heteroatoms. The number of aromatic carboxylic acids is 1. The van der Waals surface area contributed by atoms with Crippen molar-refractivity contribution in [1.82, 2.24) is 10.3 Å². The number of carboxylic acid groups (broad SMARTS) is 1. The number of thiophene rings is 1. The highest BCUT2D eigenvalue weighted by Crippen LogP contribution is 2.31. The van der Waals surface area contributed by atoms with Crippen molar-refractivity contribution in [2.24, 2.45) is 0 Å². The van der Waals surface area contributed by atoms with Crippen LogP contribution in [0.5, 0.6) is 0 Å². The van der Waals surface area contributed by atoms with E-state index in [1.165, 1.54) is 18.3 Å². The lowest BCUT2D eigenvalue weighted by Crippen LogP contribution is -2.17. The molecule has 2 aromatic heterocycles. The molecule has 25 heavy (non-hydrogen) atoms. The van der Waals surface area contributed by atoms with E-state index in [2.05, 4.69) is 15.6 Å². The molecule has 0 saturated carbocycles. The summed E-state index contributed by atoms with van der Waals surface area (Å²) >= 11 is 3.06. The van der Waals surface area contributed by atoms with Gasteiger partial charge in [0.2, 0.25) is 5.91 Å². The number of benzene rings is 1. The van der Waals surface area contributed by atoms with Crippen LogP contribution >= 0.6 is 22.7 Å². The average molecular weight is 373 g/mol. The fraction of sp³-hybridized carbons (Fsp3) is 0.118. The molecule has 1 amide bonds. The second-order valence-electron chi connectivity index (χ2n) is 5.22. The summed E-state index contributed by atoms with van der Waals surface area (Å²) in [5.74, 6) is -1.00. The largest absolute Gasteiger partial charge is 0.478 e. The Morgan fingerprint density at radius 3 is 2.60 bits per heavy atom. The van der Waals surface area contributed by atoms with Crippen LogP contribution in [0.25, 0.3) is 10.6 Å². The number of anilines is 2. The molecule has 0 atom stereocenters. The van der Waals surface area contributed by atoms with Gasteiger partial charge < -0.3 is 15.7 Å². The molecule has 0 aliphatic heterocycles. The molecule has 2 heterocycles. The summed E-state index contributed by atoms with van der Waals surface area (Å²) < 4.78 is 0. The molecule has 1 aromatic carbocycles. The van der Waals surface area contributed by atoms with Crippen molar-refractivity contribution in [3.8, 4) is 10.6 Å². The van der Waals surface area contributed by atoms with Gasteiger partial charge in [-0.1, -0.05) is 0 Å². The van der Waals surface area contributed by atoms with Crippen molar-refractivity contribution < 1.29 is 14.7 Å². The first kappa shape index (κ1) is 17.1. The Balaban J connectivity index is 1.68. The van der Waals surface area contributed by atoms with E-state index in [9.17, 15) is 9.59 Å². The highest BCUT2D eigenvalue weighted by atomic mass is 32.1. The van der Waals surface area contributed by atoms with Gasteiger partial charge in [0.05, 0.1) is 22.7 Å². The van der Waals surface area contributed by atoms with Crippen LogP contribution in [0, 0.1) is 0 Å². The van der Waals surface area contributed by atoms with Gasteiger partial charge in [-0.25, -0.2) is 9.78 Å². The van der Waals surface area contributed by atoms with Gasteiger partial charge in [0, 0.05) is 22.9 Å². The highest BCUT2D eigenvalue weighted by molar-refractivity contribution is 7.17. The number of nitrogens with one attached hydrogen (secondary N) is 2. The molecule has 3 rings (SSSR count). The lowest BCUT2D eigenvalue weighted by atomic mass is 10.2. The Morgan fingerprint density at radius 2 is 1.92 bits per heavy atom. The van der Waals surface area contributed by atoms with Crippen LogP contribution in [0.3, 0.4) is 0 Å². The van der Waals surface area contributed by atoms with Crippen molar-refractivity contribution in [2.45, 2.75) is 13.5 Å². The molecule has 3 N–H and O–H groups in total. The molecule has 0 unspecified atom stereocenters. The van der Waals surface area contributed by atoms with E-state index >= 15 is 0 Å². The summed E-state index contributed by atoms with van der Waals surface area (Å²) in [6.45, 7) is 2.01. The molecule has 0 fully saturated rings. The third-order valence-electron chi connectivity index (χ3n) is 3.31. The lowest BCUT2D eigenvalue weighted by Gasteiger charge is -2.02. The normalized spacial score (nSPS) is 10.4. The summed E-state index contributed by atoms with van der Waals surface area (Å²) in [6, 6.07) is 10.5. The lowest BCUT2D eigenvalue weighted by molar-refractivity contribution is -0.119. The zero-order valence-corrected chi connectivity index (χ0v) is 14.9. The van der Waals surface area contributed by atoms with Gasteiger partial charge in [-0.2, -0.15) is 0 Å². The summed E-state index contributed by atoms with van der Waals surface area (Å²) in [5.41, 5.74) is 1.90. The quantitative estimate of drug-likeness (QED) is 0.608. The summed E-state index contributed by atoms with van der Waals surface area (Å²) in [6.07, 6.45) is 0. The van der Waals surface area contributed by atoms with Crippen molar-refractivity contribution in [2.75, 3.05) is 5.32 Å². The Bertz CT molecular complexity index is 900. The first-order valence-corrected chi connectivity index (χ1v) is 9.10. The second-order valence-corrected chi connectivity index (χ2v) is 7.25. The number of carboxylic acids is 1. The molecule has 0 radical (unpaired) electrons. The maximum Gasteiger partial charge on any atom is 0.335 e. The zero-order chi connectivity index (χ0) is 17.8. The first-order chi connectivity index (χ1) is 12.0. The first-order valence-electron chi connectivity index (χ1n) is 7.40. The SMILES string of the molecule is CC(=O)NCc1ccc(-c2csc(Nc3ccc(C(=O)O)cc3)n2)s1. The van der Waals surface area contributed by atoms with Gasteiger partial charge in [-0.3, -0.25) is 4.79 Å². The molecule has 128 valence electrons. The number of nitrogens with zero attached hydrogens (tertiary/aromatic N) is 1. The smallest absolute Gasteiger partial charge is 0.335 e. The number of hydrogen-bond donors (Lipinski definition) is 3. The minimum absolute atomic E-state index is 0.0518. The molecular formula is C17H15N3O3S2. The monoisotopic (exact) mass is 373 g/mol. The number of hydrogen-bond acceptors (Lipinski definition) is 6. The van der Waals surface area contributed by atoms with Crippen LogP contribution < -0.4 is 10.6 Å². The average Bonchev–Trinajstić information content (AvgIpc) is 3.22. The van der Waals surface area contributed by atoms with Gasteiger partial charge in [0.25, 0.3) is 0 Å². The van der Waals surface area contributed by atoms with Gasteiger partial charge in [0.1, 0.15) is 0 Å². The van der Waals surface area contributed by atoms with E-state index in [-0.39, 0.29) is 11.5 Å². The highest BCUT2D eigenvalue weighted by Gasteiger charge is 2.09. The topological polar surface area (TPSA) is 91.3 Å². The summed E-state index contributed by atoms with van der Waals surface area (Å²) in [5, 5.41) is 17.6. The third-order valence-corrected chi connectivity index (χ3v) is 5.18. The van der Waals surface area contributed by atoms with Gasteiger partial charge in [-0.15, -0.1) is 22.7 Å². The number of aromatic nitrogens is 1. The van der Waals surface area contributed by atoms with Gasteiger partial charge in [-0.05, 0) is 36.4 Å². The van der Waals surface area contributed by atoms with Crippen molar-refractivity contribution in [1.29, 1.82) is 0 Å². The molecule has 0 aliphatic rings. The number of rotatable bonds is 6. The van der Waals surface area contributed by atoms with E-state index < -0.39 is 5.97 Å². The maximum atomic E-state index is 11.0. The minimum atomic E-state index is -0.948. The van der Waals surface area contributed by atoms with Crippen LogP contribution in [-0.2, 0) is 11.3 Å². The number of thiazole rings is 1. The molecule has 0 aliphatic carbocycles. The summed E-state index contributed by atoms with van der Waals surface area (Å²) in [7, 11) is 0. The predicted molar refractivity (Wildman–Crippen MR) is 99.6 cm³/mol. The van der Waals surface area contributed by atoms with Crippen LogP contribution in [0.1, 0.15) is 22.2 Å². The Hall–Kier alpha value is -2.71. The van der Waals surface area contributed by atoms with E-state index in [0.29, 0.717) is 6.54 Å². The van der Waals surface area contributed by atoms with Crippen molar-refractivity contribution >= 4 is 45.4 Å². The molecule has 0 bridgehead atoms. The number of carbonyl (C=O) groups excluding carboxylic acids is 1. The number of carbonyl (C=O) groups is 2. The Kier molecular flexibility index (Phi) is 5.11.